The highest BCUT2D eigenvalue weighted by molar-refractivity contribution is 7.48. The van der Waals surface area contributed by atoms with E-state index < -0.39 is 24.8 Å². The average Bonchev–Trinajstić information content (AvgIpc) is 2.54. The summed E-state index contributed by atoms with van der Waals surface area (Å²) in [5, 5.41) is 10.8. The van der Waals surface area contributed by atoms with Gasteiger partial charge < -0.3 is 9.26 Å². The van der Waals surface area contributed by atoms with Crippen molar-refractivity contribution in [3.8, 4) is 0 Å². The van der Waals surface area contributed by atoms with Crippen LogP contribution in [-0.2, 0) is 27.7 Å². The first kappa shape index (κ1) is 19.8. The van der Waals surface area contributed by atoms with Crippen LogP contribution in [-0.4, -0.2) is 25.1 Å². The number of non-ortho nitro benzene ring substituents is 1. The zero-order valence-corrected chi connectivity index (χ0v) is 14.5. The molecule has 132 valence electrons. The number of ether oxygens (including phenoxy) is 1. The third-order valence-electron chi connectivity index (χ3n) is 2.87. The SMILES string of the molecule is COP(=O)(OC)O/C(C)=C\C(=O)OC(C)c1cccc([N+](=O)[O-])c1. The first-order valence-electron chi connectivity index (χ1n) is 6.75. The van der Waals surface area contributed by atoms with Gasteiger partial charge in [0, 0.05) is 26.4 Å². The lowest BCUT2D eigenvalue weighted by Crippen LogP contribution is -2.07. The molecule has 0 heterocycles. The van der Waals surface area contributed by atoms with E-state index in [-0.39, 0.29) is 11.4 Å². The quantitative estimate of drug-likeness (QED) is 0.173. The van der Waals surface area contributed by atoms with E-state index in [1.165, 1.54) is 25.1 Å². The Morgan fingerprint density at radius 1 is 1.33 bits per heavy atom. The van der Waals surface area contributed by atoms with Crippen molar-refractivity contribution >= 4 is 19.5 Å². The van der Waals surface area contributed by atoms with Gasteiger partial charge in [-0.15, -0.1) is 0 Å². The standard InChI is InChI=1S/C14H18NO8P/c1-10(23-24(19,20-3)21-4)8-14(16)22-11(2)12-6-5-7-13(9-12)15(17)18/h5-9,11H,1-4H3/b10-8-. The second kappa shape index (κ2) is 8.58. The molecule has 0 saturated heterocycles. The molecule has 1 aromatic carbocycles. The number of esters is 1. The minimum atomic E-state index is -3.75. The predicted molar refractivity (Wildman–Crippen MR) is 84.1 cm³/mol. The molecule has 1 unspecified atom stereocenters. The molecule has 10 heteroatoms. The van der Waals surface area contributed by atoms with Gasteiger partial charge in [0.15, 0.2) is 0 Å². The smallest absolute Gasteiger partial charge is 0.455 e. The normalized spacial score (nSPS) is 13.2. The van der Waals surface area contributed by atoms with Gasteiger partial charge in [-0.3, -0.25) is 19.2 Å². The molecule has 9 nitrogen and oxygen atoms in total. The number of hydrogen-bond donors (Lipinski definition) is 0. The number of carbonyl (C=O) groups excluding carboxylic acids is 1. The van der Waals surface area contributed by atoms with Gasteiger partial charge >= 0.3 is 13.8 Å². The topological polar surface area (TPSA) is 114 Å². The number of nitrogens with zero attached hydrogens (tertiary/aromatic N) is 1. The summed E-state index contributed by atoms with van der Waals surface area (Å²) in [6, 6.07) is 5.75. The van der Waals surface area contributed by atoms with Crippen LogP contribution in [0.2, 0.25) is 0 Å². The number of hydrogen-bond acceptors (Lipinski definition) is 8. The Hall–Kier alpha value is -2.22. The monoisotopic (exact) mass is 359 g/mol. The number of nitro benzene ring substituents is 1. The lowest BCUT2D eigenvalue weighted by Gasteiger charge is -2.15. The van der Waals surface area contributed by atoms with Gasteiger partial charge in [-0.05, 0) is 19.4 Å². The number of nitro groups is 1. The zero-order chi connectivity index (χ0) is 18.3. The summed E-state index contributed by atoms with van der Waals surface area (Å²) < 4.78 is 31.0. The molecule has 0 aliphatic heterocycles. The largest absolute Gasteiger partial charge is 0.529 e. The Balaban J connectivity index is 2.76. The molecule has 0 fully saturated rings. The third-order valence-corrected chi connectivity index (χ3v) is 4.27. The summed E-state index contributed by atoms with van der Waals surface area (Å²) in [4.78, 5) is 22.1. The number of benzene rings is 1. The van der Waals surface area contributed by atoms with Crippen molar-refractivity contribution in [1.29, 1.82) is 0 Å². The Morgan fingerprint density at radius 2 is 1.96 bits per heavy atom. The Morgan fingerprint density at radius 3 is 2.50 bits per heavy atom. The molecular formula is C14H18NO8P. The maximum atomic E-state index is 11.8. The third kappa shape index (κ3) is 5.77. The maximum Gasteiger partial charge on any atom is 0.529 e. The molecule has 1 aromatic rings. The second-order valence-corrected chi connectivity index (χ2v) is 6.40. The minimum absolute atomic E-state index is 0.0294. The van der Waals surface area contributed by atoms with Crippen molar-refractivity contribution in [3.05, 3.63) is 51.8 Å². The first-order valence-corrected chi connectivity index (χ1v) is 8.21. The molecule has 0 aromatic heterocycles. The Labute approximate surface area is 138 Å². The Kier molecular flexibility index (Phi) is 7.09. The maximum absolute atomic E-state index is 11.8. The fraction of sp³-hybridized carbons (Fsp3) is 0.357. The van der Waals surface area contributed by atoms with Crippen LogP contribution < -0.4 is 0 Å². The summed E-state index contributed by atoms with van der Waals surface area (Å²) in [5.74, 6) is -0.802. The molecule has 0 spiro atoms. The summed E-state index contributed by atoms with van der Waals surface area (Å²) >= 11 is 0. The molecular weight excluding hydrogens is 341 g/mol. The molecule has 0 aliphatic carbocycles. The van der Waals surface area contributed by atoms with E-state index in [2.05, 4.69) is 9.05 Å². The lowest BCUT2D eigenvalue weighted by molar-refractivity contribution is -0.385. The fourth-order valence-corrected chi connectivity index (χ4v) is 2.39. The number of rotatable bonds is 8. The summed E-state index contributed by atoms with van der Waals surface area (Å²) in [6.45, 7) is 2.94. The van der Waals surface area contributed by atoms with Crippen LogP contribution in [0.15, 0.2) is 36.1 Å². The Bertz CT molecular complexity index is 679. The van der Waals surface area contributed by atoms with Crippen LogP contribution >= 0.6 is 7.82 Å². The van der Waals surface area contributed by atoms with Crippen LogP contribution in [0.3, 0.4) is 0 Å². The molecule has 0 N–H and O–H groups in total. The highest BCUT2D eigenvalue weighted by Crippen LogP contribution is 2.49. The van der Waals surface area contributed by atoms with E-state index in [0.29, 0.717) is 5.56 Å². The predicted octanol–water partition coefficient (Wildman–Crippen LogP) is 3.52. The lowest BCUT2D eigenvalue weighted by atomic mass is 10.1. The van der Waals surface area contributed by atoms with E-state index in [1.807, 2.05) is 0 Å². The van der Waals surface area contributed by atoms with Crippen molar-refractivity contribution in [3.63, 3.8) is 0 Å². The number of allylic oxidation sites excluding steroid dienone is 1. The van der Waals surface area contributed by atoms with E-state index >= 15 is 0 Å². The van der Waals surface area contributed by atoms with Gasteiger partial charge in [0.1, 0.15) is 11.9 Å². The van der Waals surface area contributed by atoms with Crippen LogP contribution in [0.4, 0.5) is 5.69 Å². The zero-order valence-electron chi connectivity index (χ0n) is 13.6. The van der Waals surface area contributed by atoms with Crippen LogP contribution in [0.1, 0.15) is 25.5 Å². The van der Waals surface area contributed by atoms with E-state index in [9.17, 15) is 19.5 Å². The number of phosphoric acid groups is 1. The van der Waals surface area contributed by atoms with Gasteiger partial charge in [-0.2, -0.15) is 0 Å². The van der Waals surface area contributed by atoms with E-state index in [1.54, 1.807) is 13.0 Å². The minimum Gasteiger partial charge on any atom is -0.455 e. The van der Waals surface area contributed by atoms with Gasteiger partial charge in [-0.25, -0.2) is 9.36 Å². The van der Waals surface area contributed by atoms with Crippen LogP contribution in [0.25, 0.3) is 0 Å². The number of carbonyl (C=O) groups is 1. The van der Waals surface area contributed by atoms with Gasteiger partial charge in [0.25, 0.3) is 5.69 Å². The second-order valence-electron chi connectivity index (χ2n) is 4.59. The summed E-state index contributed by atoms with van der Waals surface area (Å²) in [7, 11) is -1.48. The van der Waals surface area contributed by atoms with Crippen molar-refractivity contribution in [2.75, 3.05) is 14.2 Å². The molecule has 1 rings (SSSR count). The average molecular weight is 359 g/mol. The van der Waals surface area contributed by atoms with Crippen LogP contribution in [0.5, 0.6) is 0 Å². The van der Waals surface area contributed by atoms with Gasteiger partial charge in [0.2, 0.25) is 0 Å². The fourth-order valence-electron chi connectivity index (χ4n) is 1.69. The molecule has 0 amide bonds. The van der Waals surface area contributed by atoms with Gasteiger partial charge in [-0.1, -0.05) is 12.1 Å². The molecule has 0 radical (unpaired) electrons. The van der Waals surface area contributed by atoms with Crippen molar-refractivity contribution in [1.82, 2.24) is 0 Å². The van der Waals surface area contributed by atoms with Crippen molar-refractivity contribution in [2.45, 2.75) is 20.0 Å². The van der Waals surface area contributed by atoms with Crippen molar-refractivity contribution in [2.24, 2.45) is 0 Å². The molecule has 0 saturated carbocycles. The highest BCUT2D eigenvalue weighted by Gasteiger charge is 2.25. The van der Waals surface area contributed by atoms with E-state index in [0.717, 1.165) is 20.3 Å². The van der Waals surface area contributed by atoms with Crippen LogP contribution in [0, 0.1) is 10.1 Å². The molecule has 0 bridgehead atoms. The summed E-state index contributed by atoms with van der Waals surface area (Å²) in [5.41, 5.74) is 0.357. The molecule has 0 aliphatic rings. The number of phosphoric ester groups is 1. The molecule has 24 heavy (non-hydrogen) atoms. The van der Waals surface area contributed by atoms with E-state index in [4.69, 9.17) is 9.26 Å². The first-order chi connectivity index (χ1) is 11.2. The molecule has 1 atom stereocenters. The highest BCUT2D eigenvalue weighted by atomic mass is 31.2. The van der Waals surface area contributed by atoms with Crippen molar-refractivity contribution < 1.29 is 32.6 Å². The van der Waals surface area contributed by atoms with Gasteiger partial charge in [0.05, 0.1) is 11.0 Å². The summed E-state index contributed by atoms with van der Waals surface area (Å²) in [6.07, 6.45) is 0.247.